The Hall–Kier alpha value is -0.683. The first kappa shape index (κ1) is 11.4. The van der Waals surface area contributed by atoms with Gasteiger partial charge < -0.3 is 4.74 Å². The van der Waals surface area contributed by atoms with E-state index in [1.807, 2.05) is 11.5 Å². The maximum atomic E-state index is 5.55. The first-order chi connectivity index (χ1) is 6.49. The van der Waals surface area contributed by atoms with Crippen molar-refractivity contribution < 1.29 is 4.74 Å². The Bertz CT molecular complexity index is 280. The first-order valence-electron chi connectivity index (χ1n) is 4.91. The molecule has 1 rings (SSSR count). The molecule has 5 heteroatoms. The maximum Gasteiger partial charge on any atom is 0.131 e. The molecule has 0 fully saturated rings. The van der Waals surface area contributed by atoms with E-state index in [2.05, 4.69) is 29.8 Å². The van der Waals surface area contributed by atoms with E-state index in [4.69, 9.17) is 4.74 Å². The van der Waals surface area contributed by atoms with Gasteiger partial charge in [-0.05, 0) is 13.0 Å². The van der Waals surface area contributed by atoms with Crippen LogP contribution in [0.15, 0.2) is 6.33 Å². The minimum atomic E-state index is -0.958. The first-order valence-corrected chi connectivity index (χ1v) is 8.62. The second-order valence-electron chi connectivity index (χ2n) is 4.70. The maximum absolute atomic E-state index is 5.55. The highest BCUT2D eigenvalue weighted by Crippen LogP contribution is 2.07. The molecule has 1 aromatic heterocycles. The monoisotopic (exact) mass is 213 g/mol. The van der Waals surface area contributed by atoms with Gasteiger partial charge in [-0.2, -0.15) is 0 Å². The highest BCUT2D eigenvalue weighted by atomic mass is 28.3. The molecule has 0 atom stereocenters. The fourth-order valence-corrected chi connectivity index (χ4v) is 1.74. The summed E-state index contributed by atoms with van der Waals surface area (Å²) in [5.74, 6) is 0.901. The lowest BCUT2D eigenvalue weighted by Crippen LogP contribution is -2.22. The lowest BCUT2D eigenvalue weighted by molar-refractivity contribution is 0.0855. The molecule has 0 amide bonds. The summed E-state index contributed by atoms with van der Waals surface area (Å²) in [7, 11) is -0.958. The number of hydrogen-bond acceptors (Lipinski definition) is 3. The molecule has 0 N–H and O–H groups in total. The molecule has 0 radical (unpaired) electrons. The van der Waals surface area contributed by atoms with Gasteiger partial charge in [-0.15, -0.1) is 10.2 Å². The molecule has 1 aromatic rings. The van der Waals surface area contributed by atoms with Crippen LogP contribution in [0.3, 0.4) is 0 Å². The number of aromatic nitrogens is 3. The van der Waals surface area contributed by atoms with Crippen molar-refractivity contribution in [3.05, 3.63) is 12.2 Å². The number of nitrogens with zero attached hydrogens (tertiary/aromatic N) is 3. The molecule has 0 aliphatic heterocycles. The molecule has 4 nitrogen and oxygen atoms in total. The molecule has 14 heavy (non-hydrogen) atoms. The summed E-state index contributed by atoms with van der Waals surface area (Å²) in [6.07, 6.45) is 1.70. The second kappa shape index (κ2) is 4.70. The van der Waals surface area contributed by atoms with Gasteiger partial charge in [0, 0.05) is 14.7 Å². The standard InChI is InChI=1S/C9H19N3OSi/c1-9-11-10-7-12(9)8-13-5-6-14(2,3)4/h7H,5-6,8H2,1-4H3. The zero-order chi connectivity index (χ0) is 10.6. The van der Waals surface area contributed by atoms with Gasteiger partial charge in [0.2, 0.25) is 0 Å². The van der Waals surface area contributed by atoms with E-state index in [-0.39, 0.29) is 0 Å². The van der Waals surface area contributed by atoms with Gasteiger partial charge in [0.15, 0.2) is 0 Å². The average Bonchev–Trinajstić information content (AvgIpc) is 2.44. The van der Waals surface area contributed by atoms with E-state index < -0.39 is 8.07 Å². The summed E-state index contributed by atoms with van der Waals surface area (Å²) in [6.45, 7) is 10.4. The topological polar surface area (TPSA) is 39.9 Å². The molecule has 0 saturated heterocycles. The summed E-state index contributed by atoms with van der Waals surface area (Å²) < 4.78 is 7.46. The predicted octanol–water partition coefficient (Wildman–Crippen LogP) is 1.90. The van der Waals surface area contributed by atoms with E-state index in [1.165, 1.54) is 6.04 Å². The Morgan fingerprint density at radius 2 is 2.14 bits per heavy atom. The van der Waals surface area contributed by atoms with Gasteiger partial charge in [0.25, 0.3) is 0 Å². The highest BCUT2D eigenvalue weighted by molar-refractivity contribution is 6.76. The van der Waals surface area contributed by atoms with E-state index in [0.29, 0.717) is 6.73 Å². The van der Waals surface area contributed by atoms with Crippen LogP contribution in [0.25, 0.3) is 0 Å². The van der Waals surface area contributed by atoms with Crippen LogP contribution in [0.2, 0.25) is 25.7 Å². The van der Waals surface area contributed by atoms with Crippen LogP contribution in [-0.4, -0.2) is 29.4 Å². The van der Waals surface area contributed by atoms with Crippen LogP contribution >= 0.6 is 0 Å². The average molecular weight is 213 g/mol. The minimum Gasteiger partial charge on any atom is -0.361 e. The van der Waals surface area contributed by atoms with E-state index in [0.717, 1.165) is 12.4 Å². The van der Waals surface area contributed by atoms with Crippen molar-refractivity contribution in [1.29, 1.82) is 0 Å². The second-order valence-corrected chi connectivity index (χ2v) is 10.3. The molecule has 0 aromatic carbocycles. The van der Waals surface area contributed by atoms with Crippen LogP contribution in [-0.2, 0) is 11.5 Å². The lowest BCUT2D eigenvalue weighted by atomic mass is 10.7. The fourth-order valence-electron chi connectivity index (χ4n) is 0.981. The van der Waals surface area contributed by atoms with Crippen LogP contribution in [0.5, 0.6) is 0 Å². The summed E-state index contributed by atoms with van der Waals surface area (Å²) in [6, 6.07) is 1.20. The largest absolute Gasteiger partial charge is 0.361 e. The number of hydrogen-bond donors (Lipinski definition) is 0. The molecular weight excluding hydrogens is 194 g/mol. The third-order valence-corrected chi connectivity index (χ3v) is 3.74. The van der Waals surface area contributed by atoms with Gasteiger partial charge in [0.1, 0.15) is 18.9 Å². The van der Waals surface area contributed by atoms with E-state index >= 15 is 0 Å². The molecular formula is C9H19N3OSi. The van der Waals surface area contributed by atoms with E-state index in [9.17, 15) is 0 Å². The van der Waals surface area contributed by atoms with Crippen molar-refractivity contribution in [1.82, 2.24) is 14.8 Å². The quantitative estimate of drug-likeness (QED) is 0.554. The molecule has 1 heterocycles. The zero-order valence-electron chi connectivity index (χ0n) is 9.45. The zero-order valence-corrected chi connectivity index (χ0v) is 10.4. The summed E-state index contributed by atoms with van der Waals surface area (Å²) in [5.41, 5.74) is 0. The Kier molecular flexibility index (Phi) is 3.83. The van der Waals surface area contributed by atoms with Crippen molar-refractivity contribution in [3.8, 4) is 0 Å². The van der Waals surface area contributed by atoms with Crippen LogP contribution in [0.1, 0.15) is 5.82 Å². The Labute approximate surface area is 86.3 Å². The molecule has 80 valence electrons. The SMILES string of the molecule is Cc1nncn1COCC[Si](C)(C)C. The van der Waals surface area contributed by atoms with Crippen molar-refractivity contribution in [3.63, 3.8) is 0 Å². The molecule has 0 saturated carbocycles. The molecule has 0 bridgehead atoms. The molecule has 0 spiro atoms. The number of aryl methyl sites for hydroxylation is 1. The number of ether oxygens (including phenoxy) is 1. The fraction of sp³-hybridized carbons (Fsp3) is 0.778. The van der Waals surface area contributed by atoms with Gasteiger partial charge in [-0.1, -0.05) is 19.6 Å². The Balaban J connectivity index is 2.20. The summed E-state index contributed by atoms with van der Waals surface area (Å²) >= 11 is 0. The smallest absolute Gasteiger partial charge is 0.131 e. The van der Waals surface area contributed by atoms with Crippen LogP contribution in [0, 0.1) is 6.92 Å². The van der Waals surface area contributed by atoms with Gasteiger partial charge in [-0.3, -0.25) is 4.57 Å². The number of rotatable bonds is 5. The van der Waals surface area contributed by atoms with Crippen LogP contribution < -0.4 is 0 Å². The molecule has 0 aliphatic carbocycles. The van der Waals surface area contributed by atoms with Gasteiger partial charge in [-0.25, -0.2) is 0 Å². The molecule has 0 unspecified atom stereocenters. The third-order valence-electron chi connectivity index (χ3n) is 2.04. The Morgan fingerprint density at radius 3 is 2.64 bits per heavy atom. The molecule has 0 aliphatic rings. The van der Waals surface area contributed by atoms with Gasteiger partial charge in [0.05, 0.1) is 0 Å². The lowest BCUT2D eigenvalue weighted by Gasteiger charge is -2.15. The van der Waals surface area contributed by atoms with Crippen molar-refractivity contribution in [2.75, 3.05) is 6.61 Å². The van der Waals surface area contributed by atoms with Crippen LogP contribution in [0.4, 0.5) is 0 Å². The van der Waals surface area contributed by atoms with Crippen molar-refractivity contribution in [2.24, 2.45) is 0 Å². The van der Waals surface area contributed by atoms with E-state index in [1.54, 1.807) is 6.33 Å². The predicted molar refractivity (Wildman–Crippen MR) is 58.9 cm³/mol. The Morgan fingerprint density at radius 1 is 1.43 bits per heavy atom. The normalized spacial score (nSPS) is 12.0. The van der Waals surface area contributed by atoms with Crippen molar-refractivity contribution in [2.45, 2.75) is 39.3 Å². The summed E-state index contributed by atoms with van der Waals surface area (Å²) in [5, 5.41) is 7.68. The minimum absolute atomic E-state index is 0.573. The highest BCUT2D eigenvalue weighted by Gasteiger charge is 2.11. The van der Waals surface area contributed by atoms with Gasteiger partial charge >= 0.3 is 0 Å². The summed E-state index contributed by atoms with van der Waals surface area (Å²) in [4.78, 5) is 0. The van der Waals surface area contributed by atoms with Crippen molar-refractivity contribution >= 4 is 8.07 Å². The third kappa shape index (κ3) is 4.02.